The number of rotatable bonds is 4. The van der Waals surface area contributed by atoms with Gasteiger partial charge in [-0.05, 0) is 19.1 Å². The third-order valence-electron chi connectivity index (χ3n) is 1.83. The standard InChI is InChI=1S/C10H12N2O3S/c1-2-12(8-3-5-11-6-4-8)10(15)16-7-9(13)14/h3-6H,2,7H2,1H3,(H,13,14). The normalized spacial score (nSPS) is 9.81. The molecule has 0 saturated carbocycles. The highest BCUT2D eigenvalue weighted by molar-refractivity contribution is 8.14. The van der Waals surface area contributed by atoms with Gasteiger partial charge in [-0.25, -0.2) is 0 Å². The highest BCUT2D eigenvalue weighted by atomic mass is 32.2. The summed E-state index contributed by atoms with van der Waals surface area (Å²) in [6.07, 6.45) is 3.18. The van der Waals surface area contributed by atoms with E-state index >= 15 is 0 Å². The van der Waals surface area contributed by atoms with Crippen LogP contribution in [0.1, 0.15) is 6.92 Å². The van der Waals surface area contributed by atoms with E-state index in [1.54, 1.807) is 24.5 Å². The molecule has 0 radical (unpaired) electrons. The molecule has 1 heterocycles. The van der Waals surface area contributed by atoms with E-state index in [4.69, 9.17) is 5.11 Å². The van der Waals surface area contributed by atoms with Crippen LogP contribution in [0.25, 0.3) is 0 Å². The molecule has 0 bridgehead atoms. The van der Waals surface area contributed by atoms with Gasteiger partial charge in [0.05, 0.1) is 0 Å². The van der Waals surface area contributed by atoms with Crippen molar-refractivity contribution in [2.75, 3.05) is 17.2 Å². The number of carboxylic acid groups (broad SMARTS) is 1. The van der Waals surface area contributed by atoms with Crippen molar-refractivity contribution in [3.05, 3.63) is 24.5 Å². The van der Waals surface area contributed by atoms with E-state index in [9.17, 15) is 9.59 Å². The molecule has 0 saturated heterocycles. The van der Waals surface area contributed by atoms with Crippen LogP contribution in [0, 0.1) is 0 Å². The summed E-state index contributed by atoms with van der Waals surface area (Å²) in [5.74, 6) is -1.22. The van der Waals surface area contributed by atoms with Gasteiger partial charge in [0.15, 0.2) is 0 Å². The monoisotopic (exact) mass is 240 g/mol. The molecule has 0 aromatic carbocycles. The largest absolute Gasteiger partial charge is 0.481 e. The first kappa shape index (κ1) is 12.5. The van der Waals surface area contributed by atoms with Crippen LogP contribution >= 0.6 is 11.8 Å². The van der Waals surface area contributed by atoms with E-state index in [-0.39, 0.29) is 11.0 Å². The third-order valence-corrected chi connectivity index (χ3v) is 2.69. The number of aromatic nitrogens is 1. The summed E-state index contributed by atoms with van der Waals surface area (Å²) in [7, 11) is 0. The Balaban J connectivity index is 2.68. The van der Waals surface area contributed by atoms with E-state index in [0.29, 0.717) is 6.54 Å². The molecule has 0 spiro atoms. The summed E-state index contributed by atoms with van der Waals surface area (Å²) in [4.78, 5) is 27.4. The van der Waals surface area contributed by atoms with Crippen LogP contribution in [-0.2, 0) is 4.79 Å². The van der Waals surface area contributed by atoms with Crippen molar-refractivity contribution in [3.8, 4) is 0 Å². The molecule has 1 aromatic heterocycles. The highest BCUT2D eigenvalue weighted by Gasteiger charge is 2.15. The zero-order chi connectivity index (χ0) is 12.0. The summed E-state index contributed by atoms with van der Waals surface area (Å²) in [6.45, 7) is 2.33. The number of carboxylic acids is 1. The number of amides is 1. The molecular formula is C10H12N2O3S. The predicted octanol–water partition coefficient (Wildman–Crippen LogP) is 1.85. The van der Waals surface area contributed by atoms with Crippen molar-refractivity contribution in [1.29, 1.82) is 0 Å². The van der Waals surface area contributed by atoms with Gasteiger partial charge in [-0.3, -0.25) is 14.6 Å². The second-order valence-electron chi connectivity index (χ2n) is 2.90. The third kappa shape index (κ3) is 3.54. The fourth-order valence-electron chi connectivity index (χ4n) is 1.14. The minimum Gasteiger partial charge on any atom is -0.481 e. The van der Waals surface area contributed by atoms with E-state index < -0.39 is 5.97 Å². The Labute approximate surface area is 97.5 Å². The Bertz CT molecular complexity index is 370. The number of carbonyl (C=O) groups is 2. The molecule has 1 N–H and O–H groups in total. The number of carbonyl (C=O) groups excluding carboxylic acids is 1. The molecule has 1 rings (SSSR count). The van der Waals surface area contributed by atoms with Crippen LogP contribution in [0.5, 0.6) is 0 Å². The van der Waals surface area contributed by atoms with Gasteiger partial charge < -0.3 is 10.0 Å². The lowest BCUT2D eigenvalue weighted by Crippen LogP contribution is -2.27. The topological polar surface area (TPSA) is 70.5 Å². The summed E-state index contributed by atoms with van der Waals surface area (Å²) >= 11 is 0.779. The molecule has 0 atom stereocenters. The second-order valence-corrected chi connectivity index (χ2v) is 3.82. The number of pyridine rings is 1. The number of thioether (sulfide) groups is 1. The smallest absolute Gasteiger partial charge is 0.314 e. The summed E-state index contributed by atoms with van der Waals surface area (Å²) in [6, 6.07) is 3.42. The fraction of sp³-hybridized carbons (Fsp3) is 0.300. The minimum atomic E-state index is -0.996. The Hall–Kier alpha value is -1.56. The van der Waals surface area contributed by atoms with Gasteiger partial charge in [0.2, 0.25) is 0 Å². The molecule has 0 aliphatic carbocycles. The lowest BCUT2D eigenvalue weighted by molar-refractivity contribution is -0.133. The SMILES string of the molecule is CCN(C(=O)SCC(=O)O)c1ccncc1. The first-order valence-electron chi connectivity index (χ1n) is 4.71. The van der Waals surface area contributed by atoms with Crippen molar-refractivity contribution in [2.45, 2.75) is 6.92 Å². The van der Waals surface area contributed by atoms with Crippen LogP contribution in [0.15, 0.2) is 24.5 Å². The van der Waals surface area contributed by atoms with Crippen LogP contribution in [0.4, 0.5) is 10.5 Å². The molecular weight excluding hydrogens is 228 g/mol. The Morgan fingerprint density at radius 2 is 2.06 bits per heavy atom. The lowest BCUT2D eigenvalue weighted by Gasteiger charge is -2.19. The van der Waals surface area contributed by atoms with Gasteiger partial charge >= 0.3 is 5.97 Å². The van der Waals surface area contributed by atoms with Gasteiger partial charge in [0.1, 0.15) is 5.75 Å². The van der Waals surface area contributed by atoms with Gasteiger partial charge in [0.25, 0.3) is 5.24 Å². The zero-order valence-corrected chi connectivity index (χ0v) is 9.61. The molecule has 86 valence electrons. The molecule has 16 heavy (non-hydrogen) atoms. The van der Waals surface area contributed by atoms with E-state index in [0.717, 1.165) is 17.4 Å². The summed E-state index contributed by atoms with van der Waals surface area (Å²) < 4.78 is 0. The lowest BCUT2D eigenvalue weighted by atomic mass is 10.4. The van der Waals surface area contributed by atoms with E-state index in [2.05, 4.69) is 4.98 Å². The number of aliphatic carboxylic acids is 1. The molecule has 0 aliphatic rings. The minimum absolute atomic E-state index is 0.222. The van der Waals surface area contributed by atoms with Crippen LogP contribution in [-0.4, -0.2) is 33.6 Å². The highest BCUT2D eigenvalue weighted by Crippen LogP contribution is 2.17. The molecule has 6 heteroatoms. The van der Waals surface area contributed by atoms with Gasteiger partial charge in [-0.15, -0.1) is 0 Å². The quantitative estimate of drug-likeness (QED) is 0.869. The summed E-state index contributed by atoms with van der Waals surface area (Å²) in [5.41, 5.74) is 0.723. The fourth-order valence-corrected chi connectivity index (χ4v) is 1.78. The Morgan fingerprint density at radius 1 is 1.44 bits per heavy atom. The summed E-state index contributed by atoms with van der Waals surface area (Å²) in [5, 5.41) is 8.22. The van der Waals surface area contributed by atoms with Crippen molar-refractivity contribution in [2.24, 2.45) is 0 Å². The number of nitrogens with zero attached hydrogens (tertiary/aromatic N) is 2. The molecule has 0 fully saturated rings. The predicted molar refractivity (Wildman–Crippen MR) is 62.7 cm³/mol. The van der Waals surface area contributed by atoms with E-state index in [1.165, 1.54) is 4.90 Å². The average molecular weight is 240 g/mol. The number of anilines is 1. The van der Waals surface area contributed by atoms with Crippen molar-refractivity contribution in [1.82, 2.24) is 4.98 Å². The first-order chi connectivity index (χ1) is 7.65. The number of hydrogen-bond acceptors (Lipinski definition) is 4. The van der Waals surface area contributed by atoms with Crippen molar-refractivity contribution >= 4 is 28.7 Å². The number of hydrogen-bond donors (Lipinski definition) is 1. The zero-order valence-electron chi connectivity index (χ0n) is 8.79. The first-order valence-corrected chi connectivity index (χ1v) is 5.69. The maximum atomic E-state index is 11.7. The van der Waals surface area contributed by atoms with Crippen molar-refractivity contribution in [3.63, 3.8) is 0 Å². The van der Waals surface area contributed by atoms with Gasteiger partial charge in [0, 0.05) is 24.6 Å². The average Bonchev–Trinajstić information content (AvgIpc) is 2.29. The maximum Gasteiger partial charge on any atom is 0.314 e. The molecule has 0 unspecified atom stereocenters. The molecule has 5 nitrogen and oxygen atoms in total. The van der Waals surface area contributed by atoms with Crippen LogP contribution in [0.2, 0.25) is 0 Å². The van der Waals surface area contributed by atoms with Crippen LogP contribution in [0.3, 0.4) is 0 Å². The van der Waals surface area contributed by atoms with Crippen LogP contribution < -0.4 is 4.90 Å². The van der Waals surface area contributed by atoms with Crippen molar-refractivity contribution < 1.29 is 14.7 Å². The Morgan fingerprint density at radius 3 is 2.56 bits per heavy atom. The van der Waals surface area contributed by atoms with Gasteiger partial charge in [-0.2, -0.15) is 0 Å². The maximum absolute atomic E-state index is 11.7. The molecule has 0 aliphatic heterocycles. The molecule has 1 amide bonds. The molecule has 1 aromatic rings. The Kier molecular flexibility index (Phi) is 4.78. The van der Waals surface area contributed by atoms with E-state index in [1.807, 2.05) is 6.92 Å². The van der Waals surface area contributed by atoms with Gasteiger partial charge in [-0.1, -0.05) is 11.8 Å². The second kappa shape index (κ2) is 6.12.